The van der Waals surface area contributed by atoms with Crippen molar-refractivity contribution in [2.45, 2.75) is 38.8 Å². The van der Waals surface area contributed by atoms with E-state index in [9.17, 15) is 19.3 Å². The number of pyridine rings is 1. The molecule has 0 unspecified atom stereocenters. The van der Waals surface area contributed by atoms with Gasteiger partial charge >= 0.3 is 181 Å². The van der Waals surface area contributed by atoms with Gasteiger partial charge in [0.1, 0.15) is 0 Å². The molecule has 31 heavy (non-hydrogen) atoms. The van der Waals surface area contributed by atoms with Crippen LogP contribution in [0.15, 0.2) is 24.5 Å². The summed E-state index contributed by atoms with van der Waals surface area (Å²) in [5.41, 5.74) is -0.0309. The summed E-state index contributed by atoms with van der Waals surface area (Å²) in [4.78, 5) is 51.2. The molecule has 1 fully saturated rings. The summed E-state index contributed by atoms with van der Waals surface area (Å²) < 4.78 is 20.6. The van der Waals surface area contributed by atoms with Crippen LogP contribution in [0, 0.1) is 5.41 Å². The van der Waals surface area contributed by atoms with Gasteiger partial charge in [0.2, 0.25) is 0 Å². The van der Waals surface area contributed by atoms with Crippen LogP contribution in [0.5, 0.6) is 0 Å². The minimum atomic E-state index is -4.14. The predicted molar refractivity (Wildman–Crippen MR) is 112 cm³/mol. The number of nitrogens with zero attached hydrogens (tertiary/aromatic N) is 1. The fourth-order valence-electron chi connectivity index (χ4n) is 2.99. The maximum atomic E-state index is 12.7. The molecule has 1 aliphatic rings. The van der Waals surface area contributed by atoms with Gasteiger partial charge in [-0.1, -0.05) is 0 Å². The fourth-order valence-corrected chi connectivity index (χ4v) is 5.18. The van der Waals surface area contributed by atoms with E-state index in [1.54, 1.807) is 38.4 Å². The number of esters is 2. The van der Waals surface area contributed by atoms with Crippen LogP contribution in [-0.4, -0.2) is 67.2 Å². The van der Waals surface area contributed by atoms with Gasteiger partial charge in [-0.2, -0.15) is 0 Å². The Kier molecular flexibility index (Phi) is 8.84. The number of amides is 1. The molecule has 12 heteroatoms. The van der Waals surface area contributed by atoms with Crippen LogP contribution in [0.25, 0.3) is 0 Å². The summed E-state index contributed by atoms with van der Waals surface area (Å²) in [5, 5.41) is 5.33. The van der Waals surface area contributed by atoms with E-state index < -0.39 is 43.5 Å². The first kappa shape index (κ1) is 25.1. The second-order valence-electron chi connectivity index (χ2n) is 7.76. The Bertz CT molecular complexity index is 779. The van der Waals surface area contributed by atoms with Crippen molar-refractivity contribution < 1.29 is 37.8 Å². The molecule has 0 aromatic carbocycles. The molecular formula is C19H30N3O8P. The normalized spacial score (nSPS) is 21.4. The summed E-state index contributed by atoms with van der Waals surface area (Å²) in [7, 11) is -1.65. The third-order valence-electron chi connectivity index (χ3n) is 4.73. The van der Waals surface area contributed by atoms with E-state index in [1.165, 1.54) is 14.2 Å². The minimum absolute atomic E-state index is 0.00135. The third kappa shape index (κ3) is 7.19. The van der Waals surface area contributed by atoms with E-state index in [2.05, 4.69) is 20.1 Å². The fraction of sp³-hybridized carbons (Fsp3) is 0.579. The zero-order valence-corrected chi connectivity index (χ0v) is 19.0. The van der Waals surface area contributed by atoms with Crippen LogP contribution in [-0.2, 0) is 39.3 Å². The van der Waals surface area contributed by atoms with E-state index in [1.807, 2.05) is 0 Å². The van der Waals surface area contributed by atoms with Crippen LogP contribution in [0.1, 0.15) is 25.8 Å². The summed E-state index contributed by atoms with van der Waals surface area (Å²) in [6, 6.07) is 2.52. The van der Waals surface area contributed by atoms with Crippen LogP contribution < -0.4 is 10.4 Å². The van der Waals surface area contributed by atoms with Crippen molar-refractivity contribution in [3.05, 3.63) is 30.1 Å². The first-order chi connectivity index (χ1) is 14.6. The van der Waals surface area contributed by atoms with Crippen molar-refractivity contribution >= 4 is 25.9 Å². The average Bonchev–Trinajstić information content (AvgIpc) is 2.75. The van der Waals surface area contributed by atoms with Gasteiger partial charge in [0, 0.05) is 0 Å². The van der Waals surface area contributed by atoms with Crippen molar-refractivity contribution in [3.63, 3.8) is 0 Å². The molecule has 0 radical (unpaired) electrons. The average molecular weight is 459 g/mol. The second kappa shape index (κ2) is 10.9. The molecule has 0 saturated carbocycles. The van der Waals surface area contributed by atoms with Crippen LogP contribution in [0.2, 0.25) is 0 Å². The quantitative estimate of drug-likeness (QED) is 0.348. The van der Waals surface area contributed by atoms with Gasteiger partial charge in [-0.05, 0) is 0 Å². The van der Waals surface area contributed by atoms with Crippen molar-refractivity contribution in [2.24, 2.45) is 5.41 Å². The summed E-state index contributed by atoms with van der Waals surface area (Å²) in [5.74, 6) is -1.59. The monoisotopic (exact) mass is 459 g/mol. The Morgan fingerprint density at radius 3 is 2.71 bits per heavy atom. The van der Waals surface area contributed by atoms with Crippen LogP contribution in [0.3, 0.4) is 0 Å². The molecule has 1 aromatic heterocycles. The van der Waals surface area contributed by atoms with Gasteiger partial charge in [-0.25, -0.2) is 0 Å². The molecule has 11 nitrogen and oxygen atoms in total. The summed E-state index contributed by atoms with van der Waals surface area (Å²) in [6.45, 7) is 3.57. The van der Waals surface area contributed by atoms with Gasteiger partial charge in [-0.15, -0.1) is 0 Å². The number of rotatable bonds is 9. The molecule has 0 bridgehead atoms. The molecule has 2 atom stereocenters. The molecule has 1 amide bonds. The number of hydrogen-bond acceptors (Lipinski definition) is 10. The third-order valence-corrected chi connectivity index (χ3v) is 6.53. The Labute approximate surface area is 181 Å². The van der Waals surface area contributed by atoms with Crippen molar-refractivity contribution in [1.29, 1.82) is 0 Å². The van der Waals surface area contributed by atoms with Gasteiger partial charge in [0.15, 0.2) is 0 Å². The Morgan fingerprint density at radius 2 is 2.10 bits per heavy atom. The zero-order chi connectivity index (χ0) is 23.1. The molecule has 174 valence electrons. The molecule has 1 saturated heterocycles. The number of nitrogens with one attached hydrogen (secondary N) is 2. The van der Waals surface area contributed by atoms with E-state index in [4.69, 9.17) is 13.8 Å². The number of ether oxygens (including phenoxy) is 2. The van der Waals surface area contributed by atoms with Gasteiger partial charge in [0.05, 0.1) is 0 Å². The number of carbonyl (C=O) groups excluding carboxylic acids is 3. The van der Waals surface area contributed by atoms with Crippen molar-refractivity contribution in [1.82, 2.24) is 15.4 Å². The molecular weight excluding hydrogens is 429 g/mol. The molecule has 2 heterocycles. The predicted octanol–water partition coefficient (Wildman–Crippen LogP) is 0.278. The zero-order valence-electron chi connectivity index (χ0n) is 18.0. The van der Waals surface area contributed by atoms with E-state index in [-0.39, 0.29) is 26.0 Å². The second-order valence-corrected chi connectivity index (χ2v) is 9.74. The van der Waals surface area contributed by atoms with Gasteiger partial charge in [0.25, 0.3) is 0 Å². The van der Waals surface area contributed by atoms with E-state index in [0.717, 1.165) is 5.56 Å². The Hall–Kier alpha value is -2.17. The number of methoxy groups -OCH3 is 2. The molecule has 2 rings (SSSR count). The molecule has 1 aromatic rings. The SMILES string of the molecule is COC(=O)CCNC(=O)[C@@H]1O[PH](O)(N[C@@H](Cc2cccnc2)C(=O)OC)OCC1(C)C. The van der Waals surface area contributed by atoms with E-state index in [0.29, 0.717) is 0 Å². The first-order valence-corrected chi connectivity index (χ1v) is 11.5. The first-order valence-electron chi connectivity index (χ1n) is 9.73. The Balaban J connectivity index is 2.10. The molecule has 0 aliphatic carbocycles. The Morgan fingerprint density at radius 1 is 1.35 bits per heavy atom. The maximum absolute atomic E-state index is 12.7. The van der Waals surface area contributed by atoms with Gasteiger partial charge < -0.3 is 0 Å². The topological polar surface area (TPSA) is 145 Å². The summed E-state index contributed by atoms with van der Waals surface area (Å²) >= 11 is 0. The molecule has 1 aliphatic heterocycles. The number of carbonyl (C=O) groups is 3. The number of aromatic nitrogens is 1. The van der Waals surface area contributed by atoms with Crippen LogP contribution in [0.4, 0.5) is 0 Å². The van der Waals surface area contributed by atoms with Crippen molar-refractivity contribution in [3.8, 4) is 0 Å². The van der Waals surface area contributed by atoms with E-state index >= 15 is 0 Å². The standard InChI is InChI=1S/C19H30N3O8P/c1-19(2)12-29-31(26,30-16(19)17(24)21-9-7-15(23)27-3)22-14(18(25)28-4)10-13-6-5-8-20-11-13/h5-6,8,11,14,16,22,26,31H,7,9-10,12H2,1-4H3,(H,21,24)/t14-,16-/m0/s1. The van der Waals surface area contributed by atoms with Gasteiger partial charge in [-0.3, -0.25) is 0 Å². The number of hydrogen-bond donors (Lipinski definition) is 3. The van der Waals surface area contributed by atoms with Crippen LogP contribution >= 0.6 is 8.09 Å². The molecule has 3 N–H and O–H groups in total. The van der Waals surface area contributed by atoms with Crippen molar-refractivity contribution in [2.75, 3.05) is 27.4 Å². The molecule has 0 spiro atoms. The summed E-state index contributed by atoms with van der Waals surface area (Å²) in [6.07, 6.45) is 2.29.